The second-order valence-electron chi connectivity index (χ2n) is 8.32. The van der Waals surface area contributed by atoms with Gasteiger partial charge in [0.1, 0.15) is 0 Å². The van der Waals surface area contributed by atoms with Crippen LogP contribution >= 0.6 is 11.8 Å². The first-order valence-electron chi connectivity index (χ1n) is 11.2. The van der Waals surface area contributed by atoms with E-state index in [4.69, 9.17) is 0 Å². The Balaban J connectivity index is 1.66. The normalized spacial score (nSPS) is 12.3. The van der Waals surface area contributed by atoms with Gasteiger partial charge in [0.2, 0.25) is 10.0 Å². The summed E-state index contributed by atoms with van der Waals surface area (Å²) in [5, 5.41) is 31.0. The molecule has 0 bridgehead atoms. The highest BCUT2D eigenvalue weighted by Gasteiger charge is 2.25. The highest BCUT2D eigenvalue weighted by molar-refractivity contribution is 7.98. The lowest BCUT2D eigenvalue weighted by Crippen LogP contribution is -2.28. The molecule has 3 aromatic carbocycles. The van der Waals surface area contributed by atoms with Crippen molar-refractivity contribution in [3.05, 3.63) is 110 Å². The Morgan fingerprint density at radius 1 is 0.947 bits per heavy atom. The van der Waals surface area contributed by atoms with E-state index in [1.165, 1.54) is 23.9 Å². The van der Waals surface area contributed by atoms with Crippen molar-refractivity contribution in [1.82, 2.24) is 19.5 Å². The van der Waals surface area contributed by atoms with Crippen molar-refractivity contribution < 1.29 is 18.3 Å². The SMILES string of the molecule is Cc1cccc(CSc2nnc(C(C)NS(=O)(=O)c3ccc([N+](=O)[O-])cc3)n2-c2ccc([N+](=O)[O-])cc2)c1. The van der Waals surface area contributed by atoms with E-state index in [1.54, 1.807) is 23.6 Å². The van der Waals surface area contributed by atoms with Gasteiger partial charge in [-0.25, -0.2) is 13.1 Å². The van der Waals surface area contributed by atoms with Gasteiger partial charge in [-0.3, -0.25) is 24.8 Å². The summed E-state index contributed by atoms with van der Waals surface area (Å²) in [6.07, 6.45) is 0. The summed E-state index contributed by atoms with van der Waals surface area (Å²) in [6, 6.07) is 17.4. The monoisotopic (exact) mass is 554 g/mol. The minimum atomic E-state index is -4.07. The van der Waals surface area contributed by atoms with Gasteiger partial charge in [0.15, 0.2) is 11.0 Å². The van der Waals surface area contributed by atoms with Gasteiger partial charge in [0.25, 0.3) is 11.4 Å². The molecule has 1 aromatic heterocycles. The number of aromatic nitrogens is 3. The zero-order valence-corrected chi connectivity index (χ0v) is 21.8. The Morgan fingerprint density at radius 3 is 2.13 bits per heavy atom. The predicted molar refractivity (Wildman–Crippen MR) is 141 cm³/mol. The van der Waals surface area contributed by atoms with Crippen LogP contribution in [0.15, 0.2) is 82.8 Å². The van der Waals surface area contributed by atoms with E-state index < -0.39 is 25.9 Å². The molecule has 0 fully saturated rings. The summed E-state index contributed by atoms with van der Waals surface area (Å²) < 4.78 is 30.2. The summed E-state index contributed by atoms with van der Waals surface area (Å²) in [5.41, 5.74) is 2.36. The molecule has 0 aliphatic heterocycles. The molecule has 0 aliphatic rings. The topological polar surface area (TPSA) is 163 Å². The largest absolute Gasteiger partial charge is 0.273 e. The molecule has 0 radical (unpaired) electrons. The van der Waals surface area contributed by atoms with Crippen LogP contribution in [-0.2, 0) is 15.8 Å². The molecule has 1 atom stereocenters. The van der Waals surface area contributed by atoms with Gasteiger partial charge in [-0.15, -0.1) is 10.2 Å². The number of nitrogens with one attached hydrogen (secondary N) is 1. The molecule has 0 spiro atoms. The molecule has 1 N–H and O–H groups in total. The minimum Gasteiger partial charge on any atom is -0.273 e. The Labute approximate surface area is 222 Å². The molecule has 0 saturated heterocycles. The fourth-order valence-corrected chi connectivity index (χ4v) is 5.77. The van der Waals surface area contributed by atoms with Crippen LogP contribution in [0.25, 0.3) is 5.69 Å². The van der Waals surface area contributed by atoms with Crippen molar-refractivity contribution >= 4 is 33.2 Å². The van der Waals surface area contributed by atoms with Crippen molar-refractivity contribution in [2.75, 3.05) is 0 Å². The number of nitrogens with zero attached hydrogens (tertiary/aromatic N) is 5. The standard InChI is InChI=1S/C24H22N6O6S2/c1-16-4-3-5-18(14-16)15-37-24-26-25-23(28(24)19-6-8-20(9-7-19)29(31)32)17(2)27-38(35,36)22-12-10-21(11-13-22)30(33)34/h3-14,17,27H,15H2,1-2H3. The molecule has 38 heavy (non-hydrogen) atoms. The number of benzene rings is 3. The Bertz CT molecular complexity index is 1590. The van der Waals surface area contributed by atoms with Crippen LogP contribution in [0.2, 0.25) is 0 Å². The number of sulfonamides is 1. The average Bonchev–Trinajstić information content (AvgIpc) is 3.31. The van der Waals surface area contributed by atoms with E-state index in [9.17, 15) is 28.6 Å². The van der Waals surface area contributed by atoms with Gasteiger partial charge in [0.05, 0.1) is 20.8 Å². The maximum Gasteiger partial charge on any atom is 0.269 e. The molecule has 14 heteroatoms. The van der Waals surface area contributed by atoms with Crippen LogP contribution in [0, 0.1) is 27.2 Å². The molecule has 4 aromatic rings. The summed E-state index contributed by atoms with van der Waals surface area (Å²) in [7, 11) is -4.07. The van der Waals surface area contributed by atoms with E-state index in [1.807, 2.05) is 31.2 Å². The second-order valence-corrected chi connectivity index (χ2v) is 11.0. The van der Waals surface area contributed by atoms with Crippen LogP contribution in [0.5, 0.6) is 0 Å². The van der Waals surface area contributed by atoms with Crippen molar-refractivity contribution in [1.29, 1.82) is 0 Å². The lowest BCUT2D eigenvalue weighted by atomic mass is 10.2. The average molecular weight is 555 g/mol. The third kappa shape index (κ3) is 6.04. The van der Waals surface area contributed by atoms with Crippen LogP contribution in [0.1, 0.15) is 29.9 Å². The zero-order chi connectivity index (χ0) is 27.4. The number of nitro groups is 2. The fraction of sp³-hybridized carbons (Fsp3) is 0.167. The summed E-state index contributed by atoms with van der Waals surface area (Å²) in [6.45, 7) is 3.58. The van der Waals surface area contributed by atoms with E-state index >= 15 is 0 Å². The maximum atomic E-state index is 13.0. The molecular weight excluding hydrogens is 532 g/mol. The highest BCUT2D eigenvalue weighted by Crippen LogP contribution is 2.29. The Hall–Kier alpha value is -4.14. The van der Waals surface area contributed by atoms with Gasteiger partial charge in [-0.1, -0.05) is 41.6 Å². The van der Waals surface area contributed by atoms with Crippen molar-refractivity contribution in [3.63, 3.8) is 0 Å². The summed E-state index contributed by atoms with van der Waals surface area (Å²) in [5.74, 6) is 0.825. The van der Waals surface area contributed by atoms with Gasteiger partial charge < -0.3 is 0 Å². The first kappa shape index (κ1) is 26.9. The van der Waals surface area contributed by atoms with E-state index in [-0.39, 0.29) is 22.1 Å². The van der Waals surface area contributed by atoms with Crippen molar-refractivity contribution in [2.24, 2.45) is 0 Å². The molecule has 1 unspecified atom stereocenters. The number of nitro benzene ring substituents is 2. The van der Waals surface area contributed by atoms with Crippen LogP contribution < -0.4 is 4.72 Å². The minimum absolute atomic E-state index is 0.0933. The molecule has 196 valence electrons. The predicted octanol–water partition coefficient (Wildman–Crippen LogP) is 4.72. The third-order valence-electron chi connectivity index (χ3n) is 5.50. The smallest absolute Gasteiger partial charge is 0.269 e. The van der Waals surface area contributed by atoms with Crippen LogP contribution in [-0.4, -0.2) is 33.0 Å². The lowest BCUT2D eigenvalue weighted by molar-refractivity contribution is -0.385. The number of hydrogen-bond donors (Lipinski definition) is 1. The Morgan fingerprint density at radius 2 is 1.55 bits per heavy atom. The van der Waals surface area contributed by atoms with E-state index in [0.29, 0.717) is 16.6 Å². The molecule has 0 amide bonds. The fourth-order valence-electron chi connectivity index (χ4n) is 3.67. The van der Waals surface area contributed by atoms with E-state index in [0.717, 1.165) is 35.4 Å². The molecule has 0 saturated carbocycles. The second kappa shape index (κ2) is 11.1. The number of non-ortho nitro benzene ring substituents is 2. The van der Waals surface area contributed by atoms with Crippen LogP contribution in [0.4, 0.5) is 11.4 Å². The highest BCUT2D eigenvalue weighted by atomic mass is 32.2. The zero-order valence-electron chi connectivity index (χ0n) is 20.2. The number of hydrogen-bond acceptors (Lipinski definition) is 9. The number of rotatable bonds is 10. The number of aryl methyl sites for hydroxylation is 1. The first-order valence-corrected chi connectivity index (χ1v) is 13.7. The maximum absolute atomic E-state index is 13.0. The van der Waals surface area contributed by atoms with Gasteiger partial charge in [-0.05, 0) is 43.7 Å². The lowest BCUT2D eigenvalue weighted by Gasteiger charge is -2.16. The Kier molecular flexibility index (Phi) is 7.85. The summed E-state index contributed by atoms with van der Waals surface area (Å²) in [4.78, 5) is 20.8. The molecule has 12 nitrogen and oxygen atoms in total. The van der Waals surface area contributed by atoms with Crippen LogP contribution in [0.3, 0.4) is 0 Å². The van der Waals surface area contributed by atoms with Gasteiger partial charge >= 0.3 is 0 Å². The molecule has 4 rings (SSSR count). The molecule has 1 heterocycles. The quantitative estimate of drug-likeness (QED) is 0.166. The molecule has 0 aliphatic carbocycles. The van der Waals surface area contributed by atoms with Crippen molar-refractivity contribution in [2.45, 2.75) is 35.7 Å². The summed E-state index contributed by atoms with van der Waals surface area (Å²) >= 11 is 1.39. The van der Waals surface area contributed by atoms with E-state index in [2.05, 4.69) is 14.9 Å². The first-order chi connectivity index (χ1) is 18.0. The van der Waals surface area contributed by atoms with Gasteiger partial charge in [0, 0.05) is 35.7 Å². The number of thioether (sulfide) groups is 1. The van der Waals surface area contributed by atoms with Crippen molar-refractivity contribution in [3.8, 4) is 5.69 Å². The molecular formula is C24H22N6O6S2. The van der Waals surface area contributed by atoms with Gasteiger partial charge in [-0.2, -0.15) is 0 Å². The third-order valence-corrected chi connectivity index (χ3v) is 8.06.